The highest BCUT2D eigenvalue weighted by Crippen LogP contribution is 2.37. The maximum atomic E-state index is 11.6. The van der Waals surface area contributed by atoms with E-state index in [9.17, 15) is 4.79 Å². The number of nitrogens with one attached hydrogen (secondary N) is 1. The molecule has 1 aromatic carbocycles. The average Bonchev–Trinajstić information content (AvgIpc) is 2.70. The third-order valence-corrected chi connectivity index (χ3v) is 6.45. The van der Waals surface area contributed by atoms with E-state index in [4.69, 9.17) is 17.0 Å². The summed E-state index contributed by atoms with van der Waals surface area (Å²) < 4.78 is 4.99. The SMILES string of the molecule is CCOC(=O)CNC(=S)N1CCN(Cc2ccc(C)cc2)C2(CCCCC2)C1. The van der Waals surface area contributed by atoms with Gasteiger partial charge in [0, 0.05) is 31.7 Å². The fourth-order valence-electron chi connectivity index (χ4n) is 4.50. The smallest absolute Gasteiger partial charge is 0.325 e. The van der Waals surface area contributed by atoms with Gasteiger partial charge in [-0.2, -0.15) is 0 Å². The van der Waals surface area contributed by atoms with Gasteiger partial charge in [0.2, 0.25) is 0 Å². The molecule has 1 aliphatic carbocycles. The van der Waals surface area contributed by atoms with E-state index in [1.807, 2.05) is 6.92 Å². The number of ether oxygens (including phenoxy) is 1. The van der Waals surface area contributed by atoms with E-state index in [-0.39, 0.29) is 18.1 Å². The van der Waals surface area contributed by atoms with Gasteiger partial charge in [-0.25, -0.2) is 0 Å². The Hall–Kier alpha value is -1.66. The number of aryl methyl sites for hydroxylation is 1. The monoisotopic (exact) mass is 403 g/mol. The summed E-state index contributed by atoms with van der Waals surface area (Å²) in [7, 11) is 0. The predicted molar refractivity (Wildman–Crippen MR) is 116 cm³/mol. The van der Waals surface area contributed by atoms with Crippen molar-refractivity contribution in [3.63, 3.8) is 0 Å². The van der Waals surface area contributed by atoms with E-state index in [0.717, 1.165) is 26.2 Å². The molecule has 0 amide bonds. The quantitative estimate of drug-likeness (QED) is 0.601. The second-order valence-electron chi connectivity index (χ2n) is 8.08. The lowest BCUT2D eigenvalue weighted by Crippen LogP contribution is -2.64. The average molecular weight is 404 g/mol. The van der Waals surface area contributed by atoms with Crippen LogP contribution in [-0.4, -0.2) is 59.2 Å². The number of esters is 1. The van der Waals surface area contributed by atoms with Gasteiger partial charge in [0.15, 0.2) is 5.11 Å². The fourth-order valence-corrected chi connectivity index (χ4v) is 4.73. The van der Waals surface area contributed by atoms with E-state index in [0.29, 0.717) is 11.7 Å². The zero-order valence-electron chi connectivity index (χ0n) is 17.2. The largest absolute Gasteiger partial charge is 0.465 e. The van der Waals surface area contributed by atoms with Crippen LogP contribution in [0.15, 0.2) is 24.3 Å². The minimum absolute atomic E-state index is 0.142. The van der Waals surface area contributed by atoms with Crippen LogP contribution in [-0.2, 0) is 16.1 Å². The van der Waals surface area contributed by atoms with Gasteiger partial charge in [-0.15, -0.1) is 0 Å². The lowest BCUT2D eigenvalue weighted by molar-refractivity contribution is -0.141. The maximum absolute atomic E-state index is 11.6. The van der Waals surface area contributed by atoms with E-state index in [1.165, 1.54) is 43.2 Å². The molecule has 1 saturated heterocycles. The Bertz CT molecular complexity index is 671. The molecule has 1 aromatic rings. The number of thiocarbonyl (C=S) groups is 1. The molecule has 1 heterocycles. The molecule has 3 rings (SSSR count). The number of rotatable bonds is 5. The molecule has 6 heteroatoms. The second-order valence-corrected chi connectivity index (χ2v) is 8.46. The van der Waals surface area contributed by atoms with Crippen molar-refractivity contribution >= 4 is 23.3 Å². The van der Waals surface area contributed by atoms with Gasteiger partial charge in [-0.1, -0.05) is 49.1 Å². The van der Waals surface area contributed by atoms with E-state index < -0.39 is 0 Å². The number of benzene rings is 1. The molecule has 28 heavy (non-hydrogen) atoms. The first-order valence-corrected chi connectivity index (χ1v) is 10.9. The second kappa shape index (κ2) is 9.70. The number of carbonyl (C=O) groups is 1. The molecular formula is C22H33N3O2S. The number of nitrogens with zero attached hydrogens (tertiary/aromatic N) is 2. The lowest BCUT2D eigenvalue weighted by atomic mass is 9.78. The van der Waals surface area contributed by atoms with Crippen molar-refractivity contribution in [3.05, 3.63) is 35.4 Å². The molecule has 1 saturated carbocycles. The van der Waals surface area contributed by atoms with Crippen LogP contribution in [0.2, 0.25) is 0 Å². The highest BCUT2D eigenvalue weighted by Gasteiger charge is 2.42. The van der Waals surface area contributed by atoms with Crippen molar-refractivity contribution < 1.29 is 9.53 Å². The summed E-state index contributed by atoms with van der Waals surface area (Å²) in [5.74, 6) is -0.254. The molecule has 0 aromatic heterocycles. The summed E-state index contributed by atoms with van der Waals surface area (Å²) in [6.07, 6.45) is 6.32. The molecule has 0 radical (unpaired) electrons. The molecule has 5 nitrogen and oxygen atoms in total. The Morgan fingerprint density at radius 2 is 1.89 bits per heavy atom. The number of hydrogen-bond donors (Lipinski definition) is 1. The highest BCUT2D eigenvalue weighted by molar-refractivity contribution is 7.80. The van der Waals surface area contributed by atoms with Crippen LogP contribution in [0.1, 0.15) is 50.2 Å². The van der Waals surface area contributed by atoms with Crippen LogP contribution < -0.4 is 5.32 Å². The summed E-state index contributed by atoms with van der Waals surface area (Å²) in [5.41, 5.74) is 2.86. The van der Waals surface area contributed by atoms with Crippen molar-refractivity contribution in [2.45, 2.75) is 58.0 Å². The third-order valence-electron chi connectivity index (χ3n) is 6.05. The van der Waals surface area contributed by atoms with Crippen molar-refractivity contribution in [2.75, 3.05) is 32.8 Å². The molecule has 0 bridgehead atoms. The summed E-state index contributed by atoms with van der Waals surface area (Å²) >= 11 is 5.60. The zero-order valence-corrected chi connectivity index (χ0v) is 18.0. The maximum Gasteiger partial charge on any atom is 0.325 e. The minimum Gasteiger partial charge on any atom is -0.465 e. The number of piperazine rings is 1. The molecule has 2 aliphatic rings. The molecule has 1 spiro atoms. The zero-order chi connectivity index (χ0) is 20.0. The predicted octanol–water partition coefficient (Wildman–Crippen LogP) is 3.25. The molecule has 0 unspecified atom stereocenters. The molecular weight excluding hydrogens is 370 g/mol. The van der Waals surface area contributed by atoms with Crippen molar-refractivity contribution in [1.82, 2.24) is 15.1 Å². The van der Waals surface area contributed by atoms with Gasteiger partial charge < -0.3 is 15.0 Å². The van der Waals surface area contributed by atoms with Crippen LogP contribution in [0.4, 0.5) is 0 Å². The molecule has 2 fully saturated rings. The third kappa shape index (κ3) is 5.23. The van der Waals surface area contributed by atoms with Crippen LogP contribution in [0, 0.1) is 6.92 Å². The van der Waals surface area contributed by atoms with Crippen molar-refractivity contribution in [1.29, 1.82) is 0 Å². The molecule has 0 atom stereocenters. The summed E-state index contributed by atoms with van der Waals surface area (Å²) in [4.78, 5) is 16.6. The first-order chi connectivity index (χ1) is 13.5. The van der Waals surface area contributed by atoms with E-state index >= 15 is 0 Å². The van der Waals surface area contributed by atoms with Gasteiger partial charge in [-0.3, -0.25) is 9.69 Å². The van der Waals surface area contributed by atoms with Crippen LogP contribution in [0.25, 0.3) is 0 Å². The van der Waals surface area contributed by atoms with Gasteiger partial charge in [0.05, 0.1) is 6.61 Å². The first kappa shape index (κ1) is 21.1. The lowest BCUT2D eigenvalue weighted by Gasteiger charge is -2.53. The van der Waals surface area contributed by atoms with E-state index in [1.54, 1.807) is 0 Å². The molecule has 154 valence electrons. The molecule has 1 N–H and O–H groups in total. The van der Waals surface area contributed by atoms with Gasteiger partial charge in [-0.05, 0) is 44.5 Å². The van der Waals surface area contributed by atoms with E-state index in [2.05, 4.69) is 46.3 Å². The normalized spacial score (nSPS) is 19.4. The van der Waals surface area contributed by atoms with Crippen LogP contribution in [0.3, 0.4) is 0 Å². The Morgan fingerprint density at radius 3 is 2.57 bits per heavy atom. The van der Waals surface area contributed by atoms with Crippen LogP contribution in [0.5, 0.6) is 0 Å². The Balaban J connectivity index is 1.65. The molecule has 1 aliphatic heterocycles. The summed E-state index contributed by atoms with van der Waals surface area (Å²) in [6.45, 7) is 8.31. The number of carbonyl (C=O) groups excluding carboxylic acids is 1. The number of hydrogen-bond acceptors (Lipinski definition) is 4. The van der Waals surface area contributed by atoms with Crippen molar-refractivity contribution in [3.8, 4) is 0 Å². The minimum atomic E-state index is -0.254. The first-order valence-electron chi connectivity index (χ1n) is 10.5. The van der Waals surface area contributed by atoms with Crippen LogP contribution >= 0.6 is 12.2 Å². The van der Waals surface area contributed by atoms with Gasteiger partial charge in [0.1, 0.15) is 6.54 Å². The topological polar surface area (TPSA) is 44.8 Å². The Morgan fingerprint density at radius 1 is 1.18 bits per heavy atom. The van der Waals surface area contributed by atoms with Gasteiger partial charge >= 0.3 is 5.97 Å². The standard InChI is InChI=1S/C22H33N3O2S/c1-3-27-20(26)15-23-21(28)24-13-14-25(16-19-9-7-18(2)8-10-19)22(17-24)11-5-4-6-12-22/h7-10H,3-6,11-17H2,1-2H3,(H,23,28). The highest BCUT2D eigenvalue weighted by atomic mass is 32.1. The summed E-state index contributed by atoms with van der Waals surface area (Å²) in [6, 6.07) is 8.91. The van der Waals surface area contributed by atoms with Crippen molar-refractivity contribution in [2.24, 2.45) is 0 Å². The Labute approximate surface area is 174 Å². The fraction of sp³-hybridized carbons (Fsp3) is 0.636. The summed E-state index contributed by atoms with van der Waals surface area (Å²) in [5, 5.41) is 3.77. The Kier molecular flexibility index (Phi) is 7.30. The van der Waals surface area contributed by atoms with Gasteiger partial charge in [0.25, 0.3) is 0 Å².